The average molecular weight is 435 g/mol. The molecule has 31 heavy (non-hydrogen) atoms. The van der Waals surface area contributed by atoms with Crippen LogP contribution in [0.25, 0.3) is 11.0 Å². The van der Waals surface area contributed by atoms with E-state index in [4.69, 9.17) is 4.42 Å². The molecule has 0 aliphatic carbocycles. The zero-order valence-corrected chi connectivity index (χ0v) is 18.1. The smallest absolute Gasteiger partial charge is 0.336 e. The summed E-state index contributed by atoms with van der Waals surface area (Å²) in [7, 11) is 0. The van der Waals surface area contributed by atoms with Gasteiger partial charge in [-0.05, 0) is 43.5 Å². The number of carbonyl (C=O) groups excluding carboxylic acids is 2. The van der Waals surface area contributed by atoms with Crippen LogP contribution < -0.4 is 10.9 Å². The van der Waals surface area contributed by atoms with Crippen molar-refractivity contribution in [3.63, 3.8) is 0 Å². The van der Waals surface area contributed by atoms with Crippen LogP contribution in [-0.4, -0.2) is 28.5 Å². The lowest BCUT2D eigenvalue weighted by molar-refractivity contribution is -0.136. The highest BCUT2D eigenvalue weighted by Gasteiger charge is 2.56. The first-order chi connectivity index (χ1) is 14.9. The predicted molar refractivity (Wildman–Crippen MR) is 121 cm³/mol. The number of hydrogen-bond donors (Lipinski definition) is 1. The maximum atomic E-state index is 13.2. The topological polar surface area (TPSA) is 79.6 Å². The number of nitrogens with zero attached hydrogens (tertiary/aromatic N) is 1. The third kappa shape index (κ3) is 3.24. The SMILES string of the molecule is Cc1ccc([C@@]23CCC(=O)N2[C@@H](C(=O)Nc2ccc4c(C)cc(=O)oc4c2)CS3)cc1. The Balaban J connectivity index is 1.43. The number of hydrogen-bond acceptors (Lipinski definition) is 5. The molecule has 0 saturated carbocycles. The molecule has 7 heteroatoms. The van der Waals surface area contributed by atoms with Crippen LogP contribution in [-0.2, 0) is 14.5 Å². The molecule has 1 aromatic heterocycles. The molecule has 0 radical (unpaired) electrons. The van der Waals surface area contributed by atoms with E-state index in [0.29, 0.717) is 29.9 Å². The Hall–Kier alpha value is -3.06. The van der Waals surface area contributed by atoms with Gasteiger partial charge in [0, 0.05) is 35.4 Å². The summed E-state index contributed by atoms with van der Waals surface area (Å²) in [5.41, 5.74) is 3.58. The number of carbonyl (C=O) groups is 2. The summed E-state index contributed by atoms with van der Waals surface area (Å²) in [6, 6.07) is 14.4. The molecule has 2 saturated heterocycles. The number of fused-ring (bicyclic) bond motifs is 2. The zero-order valence-electron chi connectivity index (χ0n) is 17.3. The van der Waals surface area contributed by atoms with Gasteiger partial charge in [-0.3, -0.25) is 9.59 Å². The summed E-state index contributed by atoms with van der Waals surface area (Å²) in [5, 5.41) is 3.74. The molecule has 0 unspecified atom stereocenters. The van der Waals surface area contributed by atoms with Gasteiger partial charge >= 0.3 is 5.63 Å². The van der Waals surface area contributed by atoms with Crippen molar-refractivity contribution >= 4 is 40.2 Å². The highest BCUT2D eigenvalue weighted by molar-refractivity contribution is 8.00. The summed E-state index contributed by atoms with van der Waals surface area (Å²) >= 11 is 1.66. The van der Waals surface area contributed by atoms with Crippen molar-refractivity contribution in [3.05, 3.63) is 75.6 Å². The normalized spacial score (nSPS) is 22.7. The van der Waals surface area contributed by atoms with Crippen LogP contribution >= 0.6 is 11.8 Å². The largest absolute Gasteiger partial charge is 0.423 e. The Kier molecular flexibility index (Phi) is 4.66. The van der Waals surface area contributed by atoms with Crippen molar-refractivity contribution in [2.75, 3.05) is 11.1 Å². The molecule has 2 aliphatic heterocycles. The molecule has 3 heterocycles. The number of amides is 2. The molecule has 2 amide bonds. The fourth-order valence-corrected chi connectivity index (χ4v) is 6.23. The minimum absolute atomic E-state index is 0.00542. The molecule has 2 aromatic carbocycles. The van der Waals surface area contributed by atoms with E-state index >= 15 is 0 Å². The number of anilines is 1. The van der Waals surface area contributed by atoms with Crippen molar-refractivity contribution in [1.82, 2.24) is 4.90 Å². The van der Waals surface area contributed by atoms with E-state index in [9.17, 15) is 14.4 Å². The molecule has 2 aliphatic rings. The van der Waals surface area contributed by atoms with E-state index in [1.54, 1.807) is 28.8 Å². The Bertz CT molecular complexity index is 1270. The van der Waals surface area contributed by atoms with E-state index in [0.717, 1.165) is 22.1 Å². The van der Waals surface area contributed by atoms with Gasteiger partial charge in [0.15, 0.2) is 0 Å². The van der Waals surface area contributed by atoms with Gasteiger partial charge in [0.25, 0.3) is 0 Å². The second-order valence-corrected chi connectivity index (χ2v) is 9.49. The van der Waals surface area contributed by atoms with Crippen molar-refractivity contribution < 1.29 is 14.0 Å². The van der Waals surface area contributed by atoms with Crippen LogP contribution in [0.1, 0.15) is 29.5 Å². The van der Waals surface area contributed by atoms with Crippen LogP contribution in [0.5, 0.6) is 0 Å². The Labute approximate surface area is 183 Å². The number of aryl methyl sites for hydroxylation is 2. The highest BCUT2D eigenvalue weighted by Crippen LogP contribution is 2.54. The molecule has 5 rings (SSSR count). The average Bonchev–Trinajstić information content (AvgIpc) is 3.27. The Morgan fingerprint density at radius 3 is 2.68 bits per heavy atom. The second-order valence-electron chi connectivity index (χ2n) is 8.19. The summed E-state index contributed by atoms with van der Waals surface area (Å²) in [4.78, 5) is 39.0. The zero-order chi connectivity index (χ0) is 21.8. The monoisotopic (exact) mass is 434 g/mol. The van der Waals surface area contributed by atoms with Crippen molar-refractivity contribution in [1.29, 1.82) is 0 Å². The van der Waals surface area contributed by atoms with Crippen LogP contribution in [0.15, 0.2) is 57.7 Å². The molecule has 3 aromatic rings. The standard InChI is InChI=1S/C24H22N2O4S/c1-14-3-5-16(6-4-14)24-10-9-21(27)26(24)19(13-31-24)23(29)25-17-7-8-18-15(2)11-22(28)30-20(18)12-17/h3-8,11-12,19H,9-10,13H2,1-2H3,(H,25,29)/t19-,24+/m1/s1. The maximum Gasteiger partial charge on any atom is 0.336 e. The minimum atomic E-state index is -0.554. The Morgan fingerprint density at radius 1 is 1.13 bits per heavy atom. The van der Waals surface area contributed by atoms with Crippen molar-refractivity contribution in [2.45, 2.75) is 37.6 Å². The summed E-state index contributed by atoms with van der Waals surface area (Å²) < 4.78 is 5.28. The molecule has 2 fully saturated rings. The van der Waals surface area contributed by atoms with Crippen LogP contribution in [0.3, 0.4) is 0 Å². The lowest BCUT2D eigenvalue weighted by Gasteiger charge is -2.34. The maximum absolute atomic E-state index is 13.2. The fourth-order valence-electron chi connectivity index (χ4n) is 4.58. The van der Waals surface area contributed by atoms with Crippen molar-refractivity contribution in [2.24, 2.45) is 0 Å². The summed E-state index contributed by atoms with van der Waals surface area (Å²) in [6.07, 6.45) is 1.13. The van der Waals surface area contributed by atoms with Gasteiger partial charge in [-0.2, -0.15) is 0 Å². The first-order valence-corrected chi connectivity index (χ1v) is 11.2. The van der Waals surface area contributed by atoms with E-state index in [1.165, 1.54) is 6.07 Å². The molecule has 1 N–H and O–H groups in total. The van der Waals surface area contributed by atoms with Gasteiger partial charge in [0.05, 0.1) is 0 Å². The molecule has 0 spiro atoms. The van der Waals surface area contributed by atoms with E-state index in [1.807, 2.05) is 32.0 Å². The minimum Gasteiger partial charge on any atom is -0.423 e. The van der Waals surface area contributed by atoms with Crippen LogP contribution in [0.4, 0.5) is 5.69 Å². The first-order valence-electron chi connectivity index (χ1n) is 10.3. The number of nitrogens with one attached hydrogen (secondary N) is 1. The van der Waals surface area contributed by atoms with Gasteiger partial charge in [-0.15, -0.1) is 11.8 Å². The van der Waals surface area contributed by atoms with Crippen LogP contribution in [0, 0.1) is 13.8 Å². The van der Waals surface area contributed by atoms with Gasteiger partial charge in [0.1, 0.15) is 16.5 Å². The fraction of sp³-hybridized carbons (Fsp3) is 0.292. The van der Waals surface area contributed by atoms with Crippen molar-refractivity contribution in [3.8, 4) is 0 Å². The van der Waals surface area contributed by atoms with Gasteiger partial charge in [-0.1, -0.05) is 29.8 Å². The van der Waals surface area contributed by atoms with E-state index in [-0.39, 0.29) is 11.8 Å². The van der Waals surface area contributed by atoms with Gasteiger partial charge in [0.2, 0.25) is 11.8 Å². The van der Waals surface area contributed by atoms with Gasteiger partial charge < -0.3 is 14.6 Å². The number of rotatable bonds is 3. The van der Waals surface area contributed by atoms with Gasteiger partial charge in [-0.25, -0.2) is 4.79 Å². The quantitative estimate of drug-likeness (QED) is 0.632. The second kappa shape index (κ2) is 7.27. The van der Waals surface area contributed by atoms with Crippen LogP contribution in [0.2, 0.25) is 0 Å². The number of benzene rings is 2. The molecule has 2 atom stereocenters. The van der Waals surface area contributed by atoms with E-state index < -0.39 is 16.5 Å². The Morgan fingerprint density at radius 2 is 1.90 bits per heavy atom. The predicted octanol–water partition coefficient (Wildman–Crippen LogP) is 3.94. The highest BCUT2D eigenvalue weighted by atomic mass is 32.2. The van der Waals surface area contributed by atoms with E-state index in [2.05, 4.69) is 17.4 Å². The molecule has 6 nitrogen and oxygen atoms in total. The third-order valence-corrected chi connectivity index (χ3v) is 7.75. The number of thioether (sulfide) groups is 1. The summed E-state index contributed by atoms with van der Waals surface area (Å²) in [5.74, 6) is 0.310. The first kappa shape index (κ1) is 19.9. The molecule has 0 bridgehead atoms. The summed E-state index contributed by atoms with van der Waals surface area (Å²) in [6.45, 7) is 3.88. The molecular weight excluding hydrogens is 412 g/mol. The lowest BCUT2D eigenvalue weighted by atomic mass is 10.0. The molecular formula is C24H22N2O4S. The molecule has 158 valence electrons. The third-order valence-electron chi connectivity index (χ3n) is 6.15. The lowest BCUT2D eigenvalue weighted by Crippen LogP contribution is -2.48.